The molecule has 0 amide bonds. The molecule has 2 aliphatic rings. The number of hydrogen-bond acceptors (Lipinski definition) is 4. The van der Waals surface area contributed by atoms with Gasteiger partial charge in [-0.15, -0.1) is 0 Å². The van der Waals surface area contributed by atoms with Gasteiger partial charge in [0, 0.05) is 17.0 Å². The van der Waals surface area contributed by atoms with E-state index >= 15 is 0 Å². The first kappa shape index (κ1) is 11.5. The van der Waals surface area contributed by atoms with Crippen molar-refractivity contribution in [2.75, 3.05) is 5.73 Å². The van der Waals surface area contributed by atoms with Crippen molar-refractivity contribution in [2.45, 2.75) is 45.6 Å². The molecule has 2 fully saturated rings. The number of nitrogens with zero attached hydrogens (tertiary/aromatic N) is 1. The van der Waals surface area contributed by atoms with E-state index in [0.717, 1.165) is 17.7 Å². The lowest BCUT2D eigenvalue weighted by molar-refractivity contribution is -0.148. The van der Waals surface area contributed by atoms with Crippen LogP contribution in [0.25, 0.3) is 0 Å². The normalized spacial score (nSPS) is 43.2. The Balaban J connectivity index is 2.17. The Morgan fingerprint density at radius 2 is 2.18 bits per heavy atom. The Morgan fingerprint density at radius 1 is 1.47 bits per heavy atom. The molecule has 0 radical (unpaired) electrons. The van der Waals surface area contributed by atoms with E-state index in [1.807, 2.05) is 0 Å². The number of anilines is 1. The van der Waals surface area contributed by atoms with Crippen molar-refractivity contribution < 1.29 is 5.11 Å². The summed E-state index contributed by atoms with van der Waals surface area (Å²) in [6.45, 7) is 6.60. The number of fused-ring (bicyclic) bond motifs is 2. The molecule has 0 aromatic carbocycles. The van der Waals surface area contributed by atoms with E-state index in [9.17, 15) is 5.11 Å². The van der Waals surface area contributed by atoms with Gasteiger partial charge in [-0.3, -0.25) is 0 Å². The standard InChI is InChI=1S/C13H20N2OS/c1-11(2)8-4-5-12(3,6-8)13(11,16)9-7-15-10(14)17-9/h7-8,16H,4-6H2,1-3H3,(H2,14,15). The molecule has 3 nitrogen and oxygen atoms in total. The first-order valence-corrected chi connectivity index (χ1v) is 7.07. The number of aliphatic hydroxyl groups is 1. The Hall–Kier alpha value is -0.610. The van der Waals surface area contributed by atoms with Gasteiger partial charge in [-0.2, -0.15) is 0 Å². The molecular weight excluding hydrogens is 232 g/mol. The van der Waals surface area contributed by atoms with E-state index in [0.29, 0.717) is 11.0 Å². The van der Waals surface area contributed by atoms with Crippen LogP contribution in [0.1, 0.15) is 44.9 Å². The average molecular weight is 252 g/mol. The fraction of sp³-hybridized carbons (Fsp3) is 0.769. The summed E-state index contributed by atoms with van der Waals surface area (Å²) in [6, 6.07) is 0. The third kappa shape index (κ3) is 1.13. The first-order valence-electron chi connectivity index (χ1n) is 6.25. The molecule has 3 unspecified atom stereocenters. The number of hydrogen-bond donors (Lipinski definition) is 2. The summed E-state index contributed by atoms with van der Waals surface area (Å²) in [4.78, 5) is 5.07. The largest absolute Gasteiger partial charge is 0.383 e. The van der Waals surface area contributed by atoms with Crippen molar-refractivity contribution in [3.05, 3.63) is 11.1 Å². The smallest absolute Gasteiger partial charge is 0.180 e. The van der Waals surface area contributed by atoms with Gasteiger partial charge < -0.3 is 10.8 Å². The lowest BCUT2D eigenvalue weighted by Crippen LogP contribution is -2.50. The Morgan fingerprint density at radius 3 is 2.65 bits per heavy atom. The van der Waals surface area contributed by atoms with Crippen LogP contribution in [0, 0.1) is 16.7 Å². The van der Waals surface area contributed by atoms with Gasteiger partial charge in [-0.25, -0.2) is 4.98 Å². The predicted octanol–water partition coefficient (Wildman–Crippen LogP) is 2.76. The number of nitrogens with two attached hydrogens (primary N) is 1. The number of rotatable bonds is 1. The SMILES string of the molecule is CC12CCC(C1)C(C)(C)C2(O)c1cnc(N)s1. The minimum atomic E-state index is -0.766. The lowest BCUT2D eigenvalue weighted by atomic mass is 9.60. The summed E-state index contributed by atoms with van der Waals surface area (Å²) in [5.74, 6) is 0.612. The second-order valence-electron chi connectivity index (χ2n) is 6.50. The summed E-state index contributed by atoms with van der Waals surface area (Å²) < 4.78 is 0. The van der Waals surface area contributed by atoms with Crippen LogP contribution < -0.4 is 5.73 Å². The van der Waals surface area contributed by atoms with Gasteiger partial charge in [-0.05, 0) is 25.2 Å². The zero-order chi connectivity index (χ0) is 12.5. The maximum Gasteiger partial charge on any atom is 0.180 e. The van der Waals surface area contributed by atoms with Crippen LogP contribution in [0.3, 0.4) is 0 Å². The number of nitrogen functional groups attached to an aromatic ring is 1. The maximum atomic E-state index is 11.4. The molecule has 2 aliphatic carbocycles. The van der Waals surface area contributed by atoms with E-state index in [1.165, 1.54) is 17.8 Å². The minimum Gasteiger partial charge on any atom is -0.383 e. The first-order chi connectivity index (χ1) is 7.81. The fourth-order valence-corrected chi connectivity index (χ4v) is 5.42. The summed E-state index contributed by atoms with van der Waals surface area (Å²) in [6.07, 6.45) is 5.23. The monoisotopic (exact) mass is 252 g/mol. The van der Waals surface area contributed by atoms with Gasteiger partial charge >= 0.3 is 0 Å². The quantitative estimate of drug-likeness (QED) is 0.808. The van der Waals surface area contributed by atoms with Crippen LogP contribution in [0.15, 0.2) is 6.20 Å². The topological polar surface area (TPSA) is 59.1 Å². The van der Waals surface area contributed by atoms with Crippen LogP contribution in [-0.2, 0) is 5.60 Å². The molecule has 0 spiro atoms. The summed E-state index contributed by atoms with van der Waals surface area (Å²) in [5, 5.41) is 11.9. The zero-order valence-electron chi connectivity index (χ0n) is 10.7. The molecule has 0 aliphatic heterocycles. The highest BCUT2D eigenvalue weighted by Crippen LogP contribution is 2.72. The molecule has 1 heterocycles. The molecular formula is C13H20N2OS. The third-order valence-corrected chi connectivity index (χ3v) is 6.38. The van der Waals surface area contributed by atoms with Gasteiger partial charge in [0.15, 0.2) is 5.13 Å². The highest BCUT2D eigenvalue weighted by atomic mass is 32.1. The van der Waals surface area contributed by atoms with Crippen molar-refractivity contribution in [3.63, 3.8) is 0 Å². The zero-order valence-corrected chi connectivity index (χ0v) is 11.5. The number of aromatic nitrogens is 1. The van der Waals surface area contributed by atoms with Gasteiger partial charge in [0.05, 0.1) is 4.88 Å². The van der Waals surface area contributed by atoms with Crippen LogP contribution in [0.4, 0.5) is 5.13 Å². The van der Waals surface area contributed by atoms with Crippen LogP contribution in [0.5, 0.6) is 0 Å². The average Bonchev–Trinajstić information content (AvgIpc) is 2.86. The second kappa shape index (κ2) is 3.04. The predicted molar refractivity (Wildman–Crippen MR) is 69.7 cm³/mol. The van der Waals surface area contributed by atoms with Gasteiger partial charge in [-0.1, -0.05) is 32.1 Å². The van der Waals surface area contributed by atoms with Crippen LogP contribution >= 0.6 is 11.3 Å². The summed E-state index contributed by atoms with van der Waals surface area (Å²) in [7, 11) is 0. The van der Waals surface area contributed by atoms with Crippen molar-refractivity contribution in [3.8, 4) is 0 Å². The maximum absolute atomic E-state index is 11.4. The highest BCUT2D eigenvalue weighted by molar-refractivity contribution is 7.15. The molecule has 0 saturated heterocycles. The third-order valence-electron chi connectivity index (χ3n) is 5.45. The summed E-state index contributed by atoms with van der Waals surface area (Å²) >= 11 is 1.44. The molecule has 94 valence electrons. The molecule has 2 bridgehead atoms. The van der Waals surface area contributed by atoms with E-state index in [2.05, 4.69) is 25.8 Å². The lowest BCUT2D eigenvalue weighted by Gasteiger charge is -2.49. The molecule has 1 aromatic heterocycles. The molecule has 3 rings (SSSR count). The number of thiazole rings is 1. The van der Waals surface area contributed by atoms with E-state index in [4.69, 9.17) is 5.73 Å². The fourth-order valence-electron chi connectivity index (χ4n) is 4.33. The van der Waals surface area contributed by atoms with Crippen molar-refractivity contribution in [1.82, 2.24) is 4.98 Å². The summed E-state index contributed by atoms with van der Waals surface area (Å²) in [5.41, 5.74) is 4.87. The van der Waals surface area contributed by atoms with Crippen molar-refractivity contribution in [2.24, 2.45) is 16.7 Å². The Bertz CT molecular complexity index is 463. The molecule has 4 heteroatoms. The second-order valence-corrected chi connectivity index (χ2v) is 7.56. The van der Waals surface area contributed by atoms with Crippen molar-refractivity contribution in [1.29, 1.82) is 0 Å². The molecule has 3 N–H and O–H groups in total. The van der Waals surface area contributed by atoms with Gasteiger partial charge in [0.1, 0.15) is 5.60 Å². The van der Waals surface area contributed by atoms with Gasteiger partial charge in [0.25, 0.3) is 0 Å². The molecule has 1 aromatic rings. The molecule has 2 saturated carbocycles. The van der Waals surface area contributed by atoms with E-state index in [-0.39, 0.29) is 10.8 Å². The molecule has 17 heavy (non-hydrogen) atoms. The Kier molecular flexibility index (Phi) is 2.05. The minimum absolute atomic E-state index is 0.0137. The van der Waals surface area contributed by atoms with Crippen molar-refractivity contribution >= 4 is 16.5 Å². The van der Waals surface area contributed by atoms with Crippen LogP contribution in [-0.4, -0.2) is 10.1 Å². The van der Waals surface area contributed by atoms with Crippen LogP contribution in [0.2, 0.25) is 0 Å². The van der Waals surface area contributed by atoms with E-state index in [1.54, 1.807) is 6.20 Å². The Labute approximate surface area is 106 Å². The van der Waals surface area contributed by atoms with Gasteiger partial charge in [0.2, 0.25) is 0 Å². The van der Waals surface area contributed by atoms with E-state index < -0.39 is 5.60 Å². The molecule has 3 atom stereocenters. The highest BCUT2D eigenvalue weighted by Gasteiger charge is 2.69.